The number of alkyl halides is 3. The molecule has 2 atom stereocenters. The summed E-state index contributed by atoms with van der Waals surface area (Å²) in [4.78, 5) is 11.1. The van der Waals surface area contributed by atoms with E-state index in [0.717, 1.165) is 11.5 Å². The number of halogens is 3. The quantitative estimate of drug-likeness (QED) is 0.816. The van der Waals surface area contributed by atoms with E-state index in [1.165, 1.54) is 0 Å². The smallest absolute Gasteiger partial charge is 0.417 e. The van der Waals surface area contributed by atoms with Crippen molar-refractivity contribution in [3.05, 3.63) is 0 Å². The molecule has 2 aliphatic heterocycles. The maximum Gasteiger partial charge on any atom is 0.417 e. The van der Waals surface area contributed by atoms with Gasteiger partial charge < -0.3 is 15.6 Å². The molecule has 2 heterocycles. The zero-order chi connectivity index (χ0) is 15.0. The Morgan fingerprint density at radius 1 is 1.35 bits per heavy atom. The van der Waals surface area contributed by atoms with Crippen molar-refractivity contribution in [2.75, 3.05) is 18.1 Å². The van der Waals surface area contributed by atoms with E-state index in [9.17, 15) is 18.0 Å². The fourth-order valence-corrected chi connectivity index (χ4v) is 4.27. The van der Waals surface area contributed by atoms with Gasteiger partial charge in [-0.1, -0.05) is 0 Å². The Hall–Kier alpha value is -0.470. The monoisotopic (exact) mass is 313 g/mol. The molecule has 0 saturated carbocycles. The minimum Gasteiger partial charge on any atom is -0.480 e. The van der Waals surface area contributed by atoms with E-state index in [1.807, 2.05) is 0 Å². The van der Waals surface area contributed by atoms with Gasteiger partial charge in [0.1, 0.15) is 0 Å². The number of hydrogen-bond acceptors (Lipinski definition) is 4. The van der Waals surface area contributed by atoms with Gasteiger partial charge in [0.2, 0.25) is 5.54 Å². The van der Waals surface area contributed by atoms with Crippen molar-refractivity contribution in [2.45, 2.75) is 43.0 Å². The highest BCUT2D eigenvalue weighted by Gasteiger charge is 2.64. The summed E-state index contributed by atoms with van der Waals surface area (Å²) in [5, 5.41) is 9.02. The number of ether oxygens (including phenoxy) is 1. The molecule has 0 aromatic rings. The Balaban J connectivity index is 2.24. The molecule has 1 spiro atoms. The van der Waals surface area contributed by atoms with Crippen LogP contribution in [-0.2, 0) is 9.53 Å². The lowest BCUT2D eigenvalue weighted by molar-refractivity contribution is -0.226. The first-order valence-corrected chi connectivity index (χ1v) is 7.67. The van der Waals surface area contributed by atoms with E-state index >= 15 is 0 Å². The van der Waals surface area contributed by atoms with E-state index in [2.05, 4.69) is 0 Å². The SMILES string of the molecule is NC(C(=O)O)(C1CCOC2(CCSCC2)C1)C(F)(F)F. The molecule has 2 aliphatic rings. The first-order chi connectivity index (χ1) is 9.21. The lowest BCUT2D eigenvalue weighted by atomic mass is 9.72. The summed E-state index contributed by atoms with van der Waals surface area (Å²) < 4.78 is 45.1. The lowest BCUT2D eigenvalue weighted by Crippen LogP contribution is -2.66. The van der Waals surface area contributed by atoms with E-state index in [1.54, 1.807) is 11.8 Å². The van der Waals surface area contributed by atoms with Crippen LogP contribution in [0.1, 0.15) is 25.7 Å². The van der Waals surface area contributed by atoms with Gasteiger partial charge in [0.15, 0.2) is 0 Å². The Morgan fingerprint density at radius 2 is 1.95 bits per heavy atom. The summed E-state index contributed by atoms with van der Waals surface area (Å²) in [6, 6.07) is 0. The van der Waals surface area contributed by atoms with Crippen molar-refractivity contribution < 1.29 is 27.8 Å². The predicted molar refractivity (Wildman–Crippen MR) is 68.6 cm³/mol. The van der Waals surface area contributed by atoms with Gasteiger partial charge in [-0.3, -0.25) is 0 Å². The molecular formula is C12H18F3NO3S. The normalized spacial score (nSPS) is 29.9. The second-order valence-corrected chi connectivity index (χ2v) is 6.73. The third kappa shape index (κ3) is 2.65. The fraction of sp³-hybridized carbons (Fsp3) is 0.917. The minimum absolute atomic E-state index is 0.0250. The number of carboxylic acid groups (broad SMARTS) is 1. The van der Waals surface area contributed by atoms with Crippen molar-refractivity contribution in [1.82, 2.24) is 0 Å². The average Bonchev–Trinajstić information content (AvgIpc) is 2.37. The fourth-order valence-electron chi connectivity index (χ4n) is 3.04. The molecule has 0 aromatic carbocycles. The Bertz CT molecular complexity index is 379. The van der Waals surface area contributed by atoms with Gasteiger partial charge in [-0.05, 0) is 37.2 Å². The number of carbonyl (C=O) groups is 1. The molecule has 8 heteroatoms. The van der Waals surface area contributed by atoms with E-state index in [-0.39, 0.29) is 19.4 Å². The van der Waals surface area contributed by atoms with E-state index in [0.29, 0.717) is 12.8 Å². The number of thioether (sulfide) groups is 1. The molecular weight excluding hydrogens is 295 g/mol. The van der Waals surface area contributed by atoms with Gasteiger partial charge in [-0.2, -0.15) is 24.9 Å². The van der Waals surface area contributed by atoms with Crippen molar-refractivity contribution >= 4 is 17.7 Å². The maximum atomic E-state index is 13.1. The summed E-state index contributed by atoms with van der Waals surface area (Å²) in [7, 11) is 0. The summed E-state index contributed by atoms with van der Waals surface area (Å²) in [6.07, 6.45) is -3.57. The van der Waals surface area contributed by atoms with E-state index in [4.69, 9.17) is 15.6 Å². The van der Waals surface area contributed by atoms with Crippen LogP contribution in [0.15, 0.2) is 0 Å². The highest BCUT2D eigenvalue weighted by molar-refractivity contribution is 7.99. The van der Waals surface area contributed by atoms with Gasteiger partial charge in [-0.15, -0.1) is 0 Å². The summed E-state index contributed by atoms with van der Waals surface area (Å²) in [6.45, 7) is 0.137. The van der Waals surface area contributed by atoms with Crippen LogP contribution in [0.5, 0.6) is 0 Å². The molecule has 2 rings (SSSR count). The van der Waals surface area contributed by atoms with Crippen molar-refractivity contribution in [2.24, 2.45) is 11.7 Å². The molecule has 0 radical (unpaired) electrons. The van der Waals surface area contributed by atoms with Crippen LogP contribution in [0.4, 0.5) is 13.2 Å². The Labute approximate surface area is 119 Å². The largest absolute Gasteiger partial charge is 0.480 e. The van der Waals surface area contributed by atoms with Crippen molar-refractivity contribution in [3.8, 4) is 0 Å². The molecule has 0 aliphatic carbocycles. The van der Waals surface area contributed by atoms with Crippen LogP contribution in [0.2, 0.25) is 0 Å². The highest BCUT2D eigenvalue weighted by Crippen LogP contribution is 2.46. The van der Waals surface area contributed by atoms with Crippen molar-refractivity contribution in [3.63, 3.8) is 0 Å². The van der Waals surface area contributed by atoms with Crippen LogP contribution in [0, 0.1) is 5.92 Å². The zero-order valence-corrected chi connectivity index (χ0v) is 11.7. The Morgan fingerprint density at radius 3 is 2.45 bits per heavy atom. The van der Waals surface area contributed by atoms with Gasteiger partial charge in [-0.25, -0.2) is 4.79 Å². The zero-order valence-electron chi connectivity index (χ0n) is 10.9. The molecule has 20 heavy (non-hydrogen) atoms. The highest BCUT2D eigenvalue weighted by atomic mass is 32.2. The Kier molecular flexibility index (Phi) is 4.28. The van der Waals surface area contributed by atoms with Gasteiger partial charge in [0.25, 0.3) is 0 Å². The molecule has 2 saturated heterocycles. The third-order valence-electron chi connectivity index (χ3n) is 4.36. The van der Waals surface area contributed by atoms with Gasteiger partial charge >= 0.3 is 12.1 Å². The number of carboxylic acids is 1. The van der Waals surface area contributed by atoms with Gasteiger partial charge in [0.05, 0.1) is 5.60 Å². The molecule has 116 valence electrons. The minimum atomic E-state index is -4.97. The molecule has 4 nitrogen and oxygen atoms in total. The third-order valence-corrected chi connectivity index (χ3v) is 5.35. The first-order valence-electron chi connectivity index (χ1n) is 6.52. The maximum absolute atomic E-state index is 13.1. The average molecular weight is 313 g/mol. The first kappa shape index (κ1) is 15.9. The number of aliphatic carboxylic acids is 1. The van der Waals surface area contributed by atoms with Crippen LogP contribution < -0.4 is 5.73 Å². The molecule has 2 unspecified atom stereocenters. The van der Waals surface area contributed by atoms with Crippen LogP contribution >= 0.6 is 11.8 Å². The summed E-state index contributed by atoms with van der Waals surface area (Å²) in [5.74, 6) is -1.50. The summed E-state index contributed by atoms with van der Waals surface area (Å²) >= 11 is 1.73. The second-order valence-electron chi connectivity index (χ2n) is 5.51. The summed E-state index contributed by atoms with van der Waals surface area (Å²) in [5.41, 5.74) is 1.49. The van der Waals surface area contributed by atoms with Crippen LogP contribution in [-0.4, -0.2) is 46.5 Å². The number of nitrogens with two attached hydrogens (primary N) is 1. The molecule has 0 amide bonds. The number of hydrogen-bond donors (Lipinski definition) is 2. The van der Waals surface area contributed by atoms with Crippen LogP contribution in [0.25, 0.3) is 0 Å². The van der Waals surface area contributed by atoms with Gasteiger partial charge in [0, 0.05) is 12.5 Å². The molecule has 0 aromatic heterocycles. The van der Waals surface area contributed by atoms with Crippen molar-refractivity contribution in [1.29, 1.82) is 0 Å². The van der Waals surface area contributed by atoms with E-state index < -0.39 is 29.2 Å². The molecule has 2 fully saturated rings. The second kappa shape index (κ2) is 5.38. The predicted octanol–water partition coefficient (Wildman–Crippen LogP) is 2.02. The molecule has 3 N–H and O–H groups in total. The van der Waals surface area contributed by atoms with Crippen LogP contribution in [0.3, 0.4) is 0 Å². The number of rotatable bonds is 2. The molecule has 0 bridgehead atoms. The standard InChI is InChI=1S/C12H18F3NO3S/c13-12(14,15)11(16,9(17)18)8-1-4-19-10(7-8)2-5-20-6-3-10/h8H,1-7,16H2,(H,17,18). The topological polar surface area (TPSA) is 72.6 Å². The lowest BCUT2D eigenvalue weighted by Gasteiger charge is -2.47.